The summed E-state index contributed by atoms with van der Waals surface area (Å²) in [7, 11) is 0. The first-order valence-corrected chi connectivity index (χ1v) is 7.51. The van der Waals surface area contributed by atoms with Crippen molar-refractivity contribution in [2.75, 3.05) is 0 Å². The van der Waals surface area contributed by atoms with E-state index < -0.39 is 16.7 Å². The van der Waals surface area contributed by atoms with E-state index in [4.69, 9.17) is 3.76 Å². The molecule has 0 radical (unpaired) electrons. The molecule has 4 nitrogen and oxygen atoms in total. The quantitative estimate of drug-likeness (QED) is 0.807. The molecule has 0 atom stereocenters. The molecule has 0 aromatic rings. The number of hydrogen-bond acceptors (Lipinski definition) is 3. The van der Waals surface area contributed by atoms with Crippen LogP contribution < -0.4 is 0 Å². The summed E-state index contributed by atoms with van der Waals surface area (Å²) < 4.78 is 32.9. The zero-order valence-corrected chi connectivity index (χ0v) is 7.95. The molecule has 1 rings (SSSR count). The van der Waals surface area contributed by atoms with Crippen molar-refractivity contribution in [3.63, 3.8) is 0 Å². The molecule has 0 heterocycles. The molecule has 0 saturated carbocycles. The summed E-state index contributed by atoms with van der Waals surface area (Å²) in [6, 6.07) is 0. The maximum absolute atomic E-state index is 10.2. The molecule has 10 heavy (non-hydrogen) atoms. The van der Waals surface area contributed by atoms with E-state index in [-0.39, 0.29) is 0 Å². The Hall–Kier alpha value is -0.472. The van der Waals surface area contributed by atoms with Crippen molar-refractivity contribution in [2.24, 2.45) is 0 Å². The van der Waals surface area contributed by atoms with Gasteiger partial charge in [-0.3, -0.25) is 0 Å². The molecule has 0 bridgehead atoms. The number of rotatable bonds is 2. The molecule has 56 valence electrons. The zero-order valence-electron chi connectivity index (χ0n) is 5.02. The second kappa shape index (κ2) is 2.64. The van der Waals surface area contributed by atoms with Gasteiger partial charge in [0.2, 0.25) is 0 Å². The maximum atomic E-state index is 10.2. The van der Waals surface area contributed by atoms with Crippen LogP contribution in [0.1, 0.15) is 6.42 Å². The van der Waals surface area contributed by atoms with Crippen LogP contribution in [0.25, 0.3) is 0 Å². The first kappa shape index (κ1) is 7.63. The van der Waals surface area contributed by atoms with Crippen LogP contribution in [-0.4, -0.2) is 3.76 Å². The van der Waals surface area contributed by atoms with Crippen molar-refractivity contribution < 1.29 is 30.7 Å². The van der Waals surface area contributed by atoms with Crippen LogP contribution in [0, 0.1) is 0 Å². The molecule has 0 aromatic heterocycles. The van der Waals surface area contributed by atoms with E-state index in [1.165, 1.54) is 6.08 Å². The van der Waals surface area contributed by atoms with Gasteiger partial charge in [-0.25, -0.2) is 0 Å². The summed E-state index contributed by atoms with van der Waals surface area (Å²) in [6.07, 6.45) is 5.37. The Balaban J connectivity index is 2.57. The van der Waals surface area contributed by atoms with E-state index in [2.05, 4.69) is 3.39 Å². The number of allylic oxidation sites excluding steroid dienone is 3. The molecule has 0 amide bonds. The third-order valence-electron chi connectivity index (χ3n) is 0.950. The summed E-state index contributed by atoms with van der Waals surface area (Å²) in [5.74, 6) is 0.294. The second-order valence-corrected chi connectivity index (χ2v) is 5.45. The van der Waals surface area contributed by atoms with Gasteiger partial charge in [0.1, 0.15) is 0 Å². The predicted octanol–water partition coefficient (Wildman–Crippen LogP) is 0.514. The standard InChI is InChI=1S/C5H6O.H2O.2O.W/c6-5-3-1-2-4-5;;;;/h1-3,6H,4H2;1H2;;;/q;;;;+2/p-2. The van der Waals surface area contributed by atoms with Crippen molar-refractivity contribution in [1.82, 2.24) is 0 Å². The Kier molecular flexibility index (Phi) is 2.02. The summed E-state index contributed by atoms with van der Waals surface area (Å²) >= 11 is -5.47. The fourth-order valence-corrected chi connectivity index (χ4v) is 2.04. The topological polar surface area (TPSA) is 63.6 Å². The molecule has 0 fully saturated rings. The molecule has 0 spiro atoms. The van der Waals surface area contributed by atoms with Gasteiger partial charge in [0, 0.05) is 0 Å². The third kappa shape index (κ3) is 2.41. The average molecular weight is 314 g/mol. The number of hydrogen-bond donors (Lipinski definition) is 1. The van der Waals surface area contributed by atoms with Gasteiger partial charge in [-0.1, -0.05) is 0 Å². The van der Waals surface area contributed by atoms with Crippen LogP contribution >= 0.6 is 0 Å². The Labute approximate surface area is 61.5 Å². The molecule has 0 aromatic carbocycles. The van der Waals surface area contributed by atoms with Crippen molar-refractivity contribution in [3.8, 4) is 0 Å². The molecular weight excluding hydrogens is 308 g/mol. The van der Waals surface area contributed by atoms with E-state index in [0.29, 0.717) is 12.2 Å². The molecule has 0 saturated heterocycles. The third-order valence-corrected chi connectivity index (χ3v) is 2.48. The monoisotopic (exact) mass is 314 g/mol. The van der Waals surface area contributed by atoms with Gasteiger partial charge in [0.15, 0.2) is 0 Å². The van der Waals surface area contributed by atoms with E-state index in [9.17, 15) is 6.80 Å². The normalized spacial score (nSPS) is 17.1. The Morgan fingerprint density at radius 2 is 2.30 bits per heavy atom. The van der Waals surface area contributed by atoms with Gasteiger partial charge in [0.25, 0.3) is 0 Å². The van der Waals surface area contributed by atoms with Crippen molar-refractivity contribution in [3.05, 3.63) is 24.0 Å². The Morgan fingerprint density at radius 3 is 2.70 bits per heavy atom. The minimum absolute atomic E-state index is 0.294. The van der Waals surface area contributed by atoms with Gasteiger partial charge in [0.05, 0.1) is 0 Å². The molecule has 5 heteroatoms. The van der Waals surface area contributed by atoms with Crippen LogP contribution in [0.15, 0.2) is 24.0 Å². The van der Waals surface area contributed by atoms with Crippen LogP contribution in [0.5, 0.6) is 0 Å². The summed E-state index contributed by atoms with van der Waals surface area (Å²) in [4.78, 5) is 0. The molecule has 0 aliphatic heterocycles. The van der Waals surface area contributed by atoms with Gasteiger partial charge >= 0.3 is 61.1 Å². The van der Waals surface area contributed by atoms with E-state index in [1.807, 2.05) is 0 Å². The van der Waals surface area contributed by atoms with E-state index in [1.54, 1.807) is 12.2 Å². The summed E-state index contributed by atoms with van der Waals surface area (Å²) in [6.45, 7) is 0. The van der Waals surface area contributed by atoms with Crippen LogP contribution in [0.4, 0.5) is 0 Å². The Morgan fingerprint density at radius 1 is 1.60 bits per heavy atom. The van der Waals surface area contributed by atoms with Gasteiger partial charge in [-0.15, -0.1) is 0 Å². The van der Waals surface area contributed by atoms with Crippen molar-refractivity contribution >= 4 is 0 Å². The molecule has 1 aliphatic carbocycles. The first-order valence-electron chi connectivity index (χ1n) is 2.60. The van der Waals surface area contributed by atoms with Gasteiger partial charge < -0.3 is 0 Å². The summed E-state index contributed by atoms with van der Waals surface area (Å²) in [5, 5.41) is 0. The van der Waals surface area contributed by atoms with Crippen molar-refractivity contribution in [1.29, 1.82) is 0 Å². The van der Waals surface area contributed by atoms with E-state index in [0.717, 1.165) is 0 Å². The minimum atomic E-state index is -5.47. The SMILES string of the molecule is [O]=[W](=[O])([OH])[O]C1=CC=CC1. The molecule has 1 N–H and O–H groups in total. The molecular formula is C5H6O4W. The van der Waals surface area contributed by atoms with E-state index >= 15 is 0 Å². The van der Waals surface area contributed by atoms with Crippen LogP contribution in [0.3, 0.4) is 0 Å². The predicted molar refractivity (Wildman–Crippen MR) is 26.5 cm³/mol. The second-order valence-electron chi connectivity index (χ2n) is 1.78. The van der Waals surface area contributed by atoms with Crippen LogP contribution in [-0.2, 0) is 26.9 Å². The van der Waals surface area contributed by atoms with Crippen molar-refractivity contribution in [2.45, 2.75) is 6.42 Å². The van der Waals surface area contributed by atoms with Crippen LogP contribution in [0.2, 0.25) is 0 Å². The van der Waals surface area contributed by atoms with Gasteiger partial charge in [-0.2, -0.15) is 0 Å². The zero-order chi connectivity index (χ0) is 7.61. The molecule has 0 unspecified atom stereocenters. The average Bonchev–Trinajstić information content (AvgIpc) is 2.12. The Bertz CT molecular complexity index is 272. The summed E-state index contributed by atoms with van der Waals surface area (Å²) in [5.41, 5.74) is 0. The first-order chi connectivity index (χ1) is 4.58. The fourth-order valence-electron chi connectivity index (χ4n) is 0.625. The van der Waals surface area contributed by atoms with Gasteiger partial charge in [-0.05, 0) is 0 Å². The fraction of sp³-hybridized carbons (Fsp3) is 0.200. The molecule has 1 aliphatic rings.